The normalized spacial score (nSPS) is 12.1. The molecule has 1 heterocycles. The standard InChI is InChI=1S/C14H17N3O2/c1-11(12-4-6-13(18)7-5-12)16(2)14(19)10-17-9-3-8-15-17/h3-9,11,18H,10H2,1-2H3. The van der Waals surface area contributed by atoms with Gasteiger partial charge in [-0.05, 0) is 30.7 Å². The SMILES string of the molecule is CC(c1ccc(O)cc1)N(C)C(=O)Cn1cccn1. The van der Waals surface area contributed by atoms with E-state index in [1.165, 1.54) is 0 Å². The molecule has 0 aliphatic carbocycles. The second-order valence-electron chi connectivity index (χ2n) is 4.48. The summed E-state index contributed by atoms with van der Waals surface area (Å²) in [7, 11) is 1.77. The maximum atomic E-state index is 12.1. The van der Waals surface area contributed by atoms with Crippen LogP contribution >= 0.6 is 0 Å². The molecule has 1 unspecified atom stereocenters. The number of nitrogens with zero attached hydrogens (tertiary/aromatic N) is 3. The first kappa shape index (κ1) is 13.1. The molecule has 1 aromatic carbocycles. The van der Waals surface area contributed by atoms with Crippen molar-refractivity contribution in [1.29, 1.82) is 0 Å². The molecule has 0 radical (unpaired) electrons. The van der Waals surface area contributed by atoms with Crippen molar-refractivity contribution in [3.63, 3.8) is 0 Å². The predicted molar refractivity (Wildman–Crippen MR) is 71.5 cm³/mol. The zero-order chi connectivity index (χ0) is 13.8. The predicted octanol–water partition coefficient (Wildman–Crippen LogP) is 1.81. The van der Waals surface area contributed by atoms with Crippen molar-refractivity contribution < 1.29 is 9.90 Å². The summed E-state index contributed by atoms with van der Waals surface area (Å²) in [6, 6.07) is 8.62. The molecule has 0 bridgehead atoms. The van der Waals surface area contributed by atoms with Crippen molar-refractivity contribution in [2.75, 3.05) is 7.05 Å². The molecule has 0 fully saturated rings. The van der Waals surface area contributed by atoms with Crippen LogP contribution in [0.5, 0.6) is 5.75 Å². The van der Waals surface area contributed by atoms with Crippen LogP contribution in [0.3, 0.4) is 0 Å². The lowest BCUT2D eigenvalue weighted by molar-refractivity contribution is -0.132. The number of amides is 1. The van der Waals surface area contributed by atoms with Gasteiger partial charge in [0.25, 0.3) is 0 Å². The average molecular weight is 259 g/mol. The number of likely N-dealkylation sites (N-methyl/N-ethyl adjacent to an activating group) is 1. The van der Waals surface area contributed by atoms with Gasteiger partial charge in [0.1, 0.15) is 12.3 Å². The van der Waals surface area contributed by atoms with Crippen molar-refractivity contribution in [2.45, 2.75) is 19.5 Å². The monoisotopic (exact) mass is 259 g/mol. The van der Waals surface area contributed by atoms with Gasteiger partial charge >= 0.3 is 0 Å². The highest BCUT2D eigenvalue weighted by molar-refractivity contribution is 5.76. The Bertz CT molecular complexity index is 534. The van der Waals surface area contributed by atoms with E-state index in [1.807, 2.05) is 19.1 Å². The Morgan fingerprint density at radius 3 is 2.68 bits per heavy atom. The minimum absolute atomic E-state index is 0.00993. The third-order valence-electron chi connectivity index (χ3n) is 3.21. The molecule has 1 atom stereocenters. The molecular weight excluding hydrogens is 242 g/mol. The van der Waals surface area contributed by atoms with Crippen LogP contribution in [0.1, 0.15) is 18.5 Å². The van der Waals surface area contributed by atoms with Gasteiger partial charge in [0.2, 0.25) is 5.91 Å². The van der Waals surface area contributed by atoms with Crippen LogP contribution in [0.25, 0.3) is 0 Å². The lowest BCUT2D eigenvalue weighted by atomic mass is 10.1. The van der Waals surface area contributed by atoms with Gasteiger partial charge in [-0.1, -0.05) is 12.1 Å². The molecule has 100 valence electrons. The van der Waals surface area contributed by atoms with Crippen molar-refractivity contribution in [3.8, 4) is 5.75 Å². The lowest BCUT2D eigenvalue weighted by Crippen LogP contribution is -2.32. The Morgan fingerprint density at radius 1 is 1.42 bits per heavy atom. The fraction of sp³-hybridized carbons (Fsp3) is 0.286. The maximum Gasteiger partial charge on any atom is 0.244 e. The molecule has 0 saturated carbocycles. The molecule has 0 aliphatic heterocycles. The van der Waals surface area contributed by atoms with Gasteiger partial charge in [-0.15, -0.1) is 0 Å². The Labute approximate surface area is 112 Å². The van der Waals surface area contributed by atoms with E-state index in [4.69, 9.17) is 0 Å². The Morgan fingerprint density at radius 2 is 2.11 bits per heavy atom. The molecule has 2 rings (SSSR count). The van der Waals surface area contributed by atoms with E-state index in [-0.39, 0.29) is 24.2 Å². The zero-order valence-corrected chi connectivity index (χ0v) is 11.0. The molecule has 0 saturated heterocycles. The minimum atomic E-state index is -0.0522. The summed E-state index contributed by atoms with van der Waals surface area (Å²) in [6.07, 6.45) is 3.41. The Hall–Kier alpha value is -2.30. The Balaban J connectivity index is 2.04. The number of benzene rings is 1. The number of phenols is 1. The van der Waals surface area contributed by atoms with Crippen molar-refractivity contribution in [2.24, 2.45) is 0 Å². The molecule has 19 heavy (non-hydrogen) atoms. The fourth-order valence-electron chi connectivity index (χ4n) is 1.84. The van der Waals surface area contributed by atoms with E-state index in [0.29, 0.717) is 0 Å². The number of hydrogen-bond acceptors (Lipinski definition) is 3. The molecular formula is C14H17N3O2. The van der Waals surface area contributed by atoms with Crippen molar-refractivity contribution in [1.82, 2.24) is 14.7 Å². The minimum Gasteiger partial charge on any atom is -0.508 e. The molecule has 5 nitrogen and oxygen atoms in total. The topological polar surface area (TPSA) is 58.4 Å². The quantitative estimate of drug-likeness (QED) is 0.911. The van der Waals surface area contributed by atoms with E-state index in [9.17, 15) is 9.90 Å². The summed E-state index contributed by atoms with van der Waals surface area (Å²) < 4.78 is 1.60. The van der Waals surface area contributed by atoms with E-state index in [2.05, 4.69) is 5.10 Å². The molecule has 0 aliphatic rings. The molecule has 0 spiro atoms. The van der Waals surface area contributed by atoms with Gasteiger partial charge in [-0.3, -0.25) is 9.48 Å². The summed E-state index contributed by atoms with van der Waals surface area (Å²) in [6.45, 7) is 2.18. The molecule has 1 amide bonds. The summed E-state index contributed by atoms with van der Waals surface area (Å²) in [5.74, 6) is 0.214. The van der Waals surface area contributed by atoms with Gasteiger partial charge in [0.05, 0.1) is 6.04 Å². The van der Waals surface area contributed by atoms with Crippen molar-refractivity contribution >= 4 is 5.91 Å². The maximum absolute atomic E-state index is 12.1. The highest BCUT2D eigenvalue weighted by atomic mass is 16.3. The smallest absolute Gasteiger partial charge is 0.244 e. The number of aromatic hydroxyl groups is 1. The van der Waals surface area contributed by atoms with Gasteiger partial charge in [-0.2, -0.15) is 5.10 Å². The summed E-state index contributed by atoms with van der Waals surface area (Å²) in [5.41, 5.74) is 0.981. The lowest BCUT2D eigenvalue weighted by Gasteiger charge is -2.25. The number of phenolic OH excluding ortho intramolecular Hbond substituents is 1. The average Bonchev–Trinajstić information content (AvgIpc) is 2.90. The fourth-order valence-corrected chi connectivity index (χ4v) is 1.84. The number of aromatic nitrogens is 2. The molecule has 1 aromatic heterocycles. The van der Waals surface area contributed by atoms with Crippen LogP contribution in [0, 0.1) is 0 Å². The van der Waals surface area contributed by atoms with Gasteiger partial charge < -0.3 is 10.0 Å². The van der Waals surface area contributed by atoms with Crippen LogP contribution in [0.4, 0.5) is 0 Å². The number of rotatable bonds is 4. The highest BCUT2D eigenvalue weighted by Gasteiger charge is 2.17. The van der Waals surface area contributed by atoms with Crippen LogP contribution in [-0.2, 0) is 11.3 Å². The molecule has 5 heteroatoms. The summed E-state index contributed by atoms with van der Waals surface area (Å²) >= 11 is 0. The second kappa shape index (κ2) is 5.56. The number of carbonyl (C=O) groups excluding carboxylic acids is 1. The number of hydrogen-bond donors (Lipinski definition) is 1. The van der Waals surface area contributed by atoms with E-state index >= 15 is 0 Å². The summed E-state index contributed by atoms with van der Waals surface area (Å²) in [4.78, 5) is 13.8. The zero-order valence-electron chi connectivity index (χ0n) is 11.0. The molecule has 2 aromatic rings. The molecule has 1 N–H and O–H groups in total. The van der Waals surface area contributed by atoms with Gasteiger partial charge in [0.15, 0.2) is 0 Å². The van der Waals surface area contributed by atoms with Crippen LogP contribution in [0.2, 0.25) is 0 Å². The summed E-state index contributed by atoms with van der Waals surface area (Å²) in [5, 5.41) is 13.3. The number of carbonyl (C=O) groups is 1. The van der Waals surface area contributed by atoms with E-state index in [0.717, 1.165) is 5.56 Å². The third-order valence-corrected chi connectivity index (χ3v) is 3.21. The van der Waals surface area contributed by atoms with Gasteiger partial charge in [-0.25, -0.2) is 0 Å². The van der Waals surface area contributed by atoms with Crippen LogP contribution < -0.4 is 0 Å². The van der Waals surface area contributed by atoms with Gasteiger partial charge in [0, 0.05) is 19.4 Å². The van der Waals surface area contributed by atoms with Crippen LogP contribution in [-0.4, -0.2) is 32.7 Å². The Kier molecular flexibility index (Phi) is 3.85. The van der Waals surface area contributed by atoms with Crippen LogP contribution in [0.15, 0.2) is 42.7 Å². The van der Waals surface area contributed by atoms with E-state index < -0.39 is 0 Å². The second-order valence-corrected chi connectivity index (χ2v) is 4.48. The first-order valence-corrected chi connectivity index (χ1v) is 6.10. The highest BCUT2D eigenvalue weighted by Crippen LogP contribution is 2.21. The first-order valence-electron chi connectivity index (χ1n) is 6.10. The first-order chi connectivity index (χ1) is 9.08. The van der Waals surface area contributed by atoms with E-state index in [1.54, 1.807) is 47.2 Å². The third kappa shape index (κ3) is 3.13. The largest absolute Gasteiger partial charge is 0.508 e. The van der Waals surface area contributed by atoms with Crippen molar-refractivity contribution in [3.05, 3.63) is 48.3 Å².